The van der Waals surface area contributed by atoms with Crippen molar-refractivity contribution in [3.05, 3.63) is 6.33 Å². The quantitative estimate of drug-likeness (QED) is 0.658. The number of anilines is 2. The summed E-state index contributed by atoms with van der Waals surface area (Å²) in [6, 6.07) is 0. The third-order valence-electron chi connectivity index (χ3n) is 3.77. The third kappa shape index (κ3) is 2.53. The number of nitrogens with one attached hydrogen (secondary N) is 3. The Bertz CT molecular complexity index is 583. The van der Waals surface area contributed by atoms with Crippen LogP contribution in [0.5, 0.6) is 0 Å². The van der Waals surface area contributed by atoms with Gasteiger partial charge in [-0.2, -0.15) is 9.97 Å². The summed E-state index contributed by atoms with van der Waals surface area (Å²) in [6.45, 7) is 3.48. The largest absolute Gasteiger partial charge is 0.393 e. The van der Waals surface area contributed by atoms with Crippen LogP contribution in [0.1, 0.15) is 26.2 Å². The zero-order chi connectivity index (χ0) is 13.9. The molecule has 2 aromatic rings. The molecule has 0 aliphatic heterocycles. The first-order valence-electron chi connectivity index (χ1n) is 7.15. The minimum atomic E-state index is -0.199. The molecule has 1 aliphatic carbocycles. The van der Waals surface area contributed by atoms with Crippen molar-refractivity contribution in [2.24, 2.45) is 5.92 Å². The van der Waals surface area contributed by atoms with Crippen LogP contribution in [0.15, 0.2) is 6.33 Å². The zero-order valence-corrected chi connectivity index (χ0v) is 11.6. The van der Waals surface area contributed by atoms with Gasteiger partial charge in [0.2, 0.25) is 5.95 Å². The molecule has 0 aromatic carbocycles. The Labute approximate surface area is 117 Å². The second-order valence-corrected chi connectivity index (χ2v) is 5.17. The Balaban J connectivity index is 1.80. The highest BCUT2D eigenvalue weighted by atomic mass is 16.3. The average molecular weight is 276 g/mol. The number of nitrogens with zero attached hydrogens (tertiary/aromatic N) is 3. The highest BCUT2D eigenvalue weighted by molar-refractivity contribution is 5.83. The fourth-order valence-corrected chi connectivity index (χ4v) is 2.68. The van der Waals surface area contributed by atoms with Crippen LogP contribution < -0.4 is 10.6 Å². The van der Waals surface area contributed by atoms with E-state index in [2.05, 4.69) is 30.6 Å². The molecule has 7 nitrogen and oxygen atoms in total. The molecule has 1 saturated carbocycles. The fourth-order valence-electron chi connectivity index (χ4n) is 2.68. The van der Waals surface area contributed by atoms with Crippen LogP contribution in [-0.2, 0) is 0 Å². The summed E-state index contributed by atoms with van der Waals surface area (Å²) in [4.78, 5) is 16.0. The normalized spacial score (nSPS) is 22.3. The van der Waals surface area contributed by atoms with Gasteiger partial charge in [0.15, 0.2) is 11.5 Å². The van der Waals surface area contributed by atoms with Crippen LogP contribution in [0.2, 0.25) is 0 Å². The lowest BCUT2D eigenvalue weighted by Gasteiger charge is -2.16. The van der Waals surface area contributed by atoms with Crippen molar-refractivity contribution < 1.29 is 5.11 Å². The van der Waals surface area contributed by atoms with Crippen LogP contribution >= 0.6 is 0 Å². The molecule has 0 radical (unpaired) electrons. The zero-order valence-electron chi connectivity index (χ0n) is 11.6. The van der Waals surface area contributed by atoms with Gasteiger partial charge in [-0.1, -0.05) is 6.42 Å². The monoisotopic (exact) mass is 276 g/mol. The first-order valence-corrected chi connectivity index (χ1v) is 7.15. The molecule has 108 valence electrons. The molecule has 0 amide bonds. The van der Waals surface area contributed by atoms with Crippen LogP contribution in [-0.4, -0.2) is 44.2 Å². The number of imidazole rings is 1. The summed E-state index contributed by atoms with van der Waals surface area (Å²) in [5.74, 6) is 1.61. The van der Waals surface area contributed by atoms with Crippen LogP contribution in [0.3, 0.4) is 0 Å². The molecule has 3 rings (SSSR count). The van der Waals surface area contributed by atoms with Crippen molar-refractivity contribution in [2.75, 3.05) is 23.7 Å². The lowest BCUT2D eigenvalue weighted by atomic mass is 10.1. The van der Waals surface area contributed by atoms with Crippen LogP contribution in [0.25, 0.3) is 11.2 Å². The molecule has 7 heteroatoms. The first kappa shape index (κ1) is 13.1. The maximum absolute atomic E-state index is 9.87. The van der Waals surface area contributed by atoms with Gasteiger partial charge < -0.3 is 20.7 Å². The highest BCUT2D eigenvalue weighted by Crippen LogP contribution is 2.26. The number of rotatable bonds is 5. The van der Waals surface area contributed by atoms with Gasteiger partial charge in [0.05, 0.1) is 12.4 Å². The molecule has 20 heavy (non-hydrogen) atoms. The van der Waals surface area contributed by atoms with E-state index in [0.717, 1.165) is 43.7 Å². The van der Waals surface area contributed by atoms with E-state index in [9.17, 15) is 5.11 Å². The number of H-pyrrole nitrogens is 1. The van der Waals surface area contributed by atoms with Gasteiger partial charge in [-0.15, -0.1) is 0 Å². The maximum Gasteiger partial charge on any atom is 0.226 e. The summed E-state index contributed by atoms with van der Waals surface area (Å²) < 4.78 is 0. The number of hydrogen-bond donors (Lipinski definition) is 4. The smallest absolute Gasteiger partial charge is 0.226 e. The number of aromatic amines is 1. The summed E-state index contributed by atoms with van der Waals surface area (Å²) in [6.07, 6.45) is 4.48. The molecule has 0 spiro atoms. The molecule has 1 fully saturated rings. The van der Waals surface area contributed by atoms with Gasteiger partial charge in [0.25, 0.3) is 0 Å². The van der Waals surface area contributed by atoms with Gasteiger partial charge in [-0.05, 0) is 19.8 Å². The average Bonchev–Trinajstić information content (AvgIpc) is 3.05. The first-order chi connectivity index (χ1) is 9.78. The lowest BCUT2D eigenvalue weighted by molar-refractivity contribution is 0.138. The fraction of sp³-hybridized carbons (Fsp3) is 0.615. The molecule has 2 heterocycles. The van der Waals surface area contributed by atoms with Gasteiger partial charge in [-0.25, -0.2) is 4.98 Å². The van der Waals surface area contributed by atoms with Gasteiger partial charge in [0, 0.05) is 19.0 Å². The summed E-state index contributed by atoms with van der Waals surface area (Å²) in [5, 5.41) is 16.3. The second-order valence-electron chi connectivity index (χ2n) is 5.17. The third-order valence-corrected chi connectivity index (χ3v) is 3.77. The number of aliphatic hydroxyl groups is 1. The van der Waals surface area contributed by atoms with E-state index in [1.165, 1.54) is 0 Å². The van der Waals surface area contributed by atoms with Gasteiger partial charge in [0.1, 0.15) is 5.52 Å². The van der Waals surface area contributed by atoms with E-state index in [1.54, 1.807) is 6.33 Å². The predicted molar refractivity (Wildman–Crippen MR) is 77.7 cm³/mol. The molecule has 4 N–H and O–H groups in total. The van der Waals surface area contributed by atoms with E-state index in [4.69, 9.17) is 0 Å². The lowest BCUT2D eigenvalue weighted by Crippen LogP contribution is -2.22. The Kier molecular flexibility index (Phi) is 3.68. The molecule has 0 saturated heterocycles. The molecule has 1 aliphatic rings. The summed E-state index contributed by atoms with van der Waals surface area (Å²) in [5.41, 5.74) is 1.45. The number of fused-ring (bicyclic) bond motifs is 1. The van der Waals surface area contributed by atoms with Crippen LogP contribution in [0, 0.1) is 5.92 Å². The van der Waals surface area contributed by atoms with E-state index in [1.807, 2.05) is 6.92 Å². The Morgan fingerprint density at radius 1 is 1.35 bits per heavy atom. The van der Waals surface area contributed by atoms with Gasteiger partial charge >= 0.3 is 0 Å². The topological polar surface area (TPSA) is 98.8 Å². The van der Waals surface area contributed by atoms with Crippen molar-refractivity contribution in [3.63, 3.8) is 0 Å². The number of aliphatic hydroxyl groups excluding tert-OH is 1. The van der Waals surface area contributed by atoms with Crippen molar-refractivity contribution in [2.45, 2.75) is 32.3 Å². The number of hydrogen-bond acceptors (Lipinski definition) is 6. The Morgan fingerprint density at radius 2 is 2.25 bits per heavy atom. The highest BCUT2D eigenvalue weighted by Gasteiger charge is 2.25. The summed E-state index contributed by atoms with van der Waals surface area (Å²) >= 11 is 0. The standard InChI is InChI=1S/C13H20N6O/c1-2-14-13-18-11(10-12(19-13)17-7-16-10)15-6-8-4-3-5-9(8)20/h7-9,20H,2-6H2,1H3,(H3,14,15,16,17,18,19). The predicted octanol–water partition coefficient (Wildman–Crippen LogP) is 1.36. The van der Waals surface area contributed by atoms with E-state index < -0.39 is 0 Å². The van der Waals surface area contributed by atoms with Crippen molar-refractivity contribution in [1.82, 2.24) is 19.9 Å². The molecular formula is C13H20N6O. The van der Waals surface area contributed by atoms with Crippen molar-refractivity contribution in [3.8, 4) is 0 Å². The maximum atomic E-state index is 9.87. The SMILES string of the molecule is CCNc1nc(NCC2CCCC2O)c2[nH]cnc2n1. The second kappa shape index (κ2) is 5.62. The van der Waals surface area contributed by atoms with Crippen LogP contribution in [0.4, 0.5) is 11.8 Å². The van der Waals surface area contributed by atoms with E-state index in [0.29, 0.717) is 17.5 Å². The Hall–Kier alpha value is -1.89. The van der Waals surface area contributed by atoms with E-state index in [-0.39, 0.29) is 6.10 Å². The van der Waals surface area contributed by atoms with Gasteiger partial charge in [-0.3, -0.25) is 0 Å². The van der Waals surface area contributed by atoms with Crippen molar-refractivity contribution in [1.29, 1.82) is 0 Å². The minimum absolute atomic E-state index is 0.199. The molecular weight excluding hydrogens is 256 g/mol. The molecule has 2 unspecified atom stereocenters. The molecule has 0 bridgehead atoms. The van der Waals surface area contributed by atoms with E-state index >= 15 is 0 Å². The van der Waals surface area contributed by atoms with Crippen molar-refractivity contribution >= 4 is 22.9 Å². The summed E-state index contributed by atoms with van der Waals surface area (Å²) in [7, 11) is 0. The minimum Gasteiger partial charge on any atom is -0.393 e. The Morgan fingerprint density at radius 3 is 3.00 bits per heavy atom. The molecule has 2 aromatic heterocycles. The molecule has 2 atom stereocenters. The number of aromatic nitrogens is 4.